The Labute approximate surface area is 126 Å². The molecule has 0 aromatic heterocycles. The first-order valence-electron chi connectivity index (χ1n) is 7.32. The van der Waals surface area contributed by atoms with E-state index < -0.39 is 6.03 Å². The maximum Gasteiger partial charge on any atom is 0.324 e. The molecule has 0 aliphatic carbocycles. The van der Waals surface area contributed by atoms with Crippen LogP contribution in [0, 0.1) is 5.92 Å². The quantitative estimate of drug-likeness (QED) is 0.833. The Morgan fingerprint density at radius 3 is 2.48 bits per heavy atom. The summed E-state index contributed by atoms with van der Waals surface area (Å²) in [4.78, 5) is 38.5. The number of amides is 4. The summed E-state index contributed by atoms with van der Waals surface area (Å²) in [6.45, 7) is 8.57. The van der Waals surface area contributed by atoms with Crippen molar-refractivity contribution in [1.29, 1.82) is 0 Å². The number of hydrogen-bond donors (Lipinski definition) is 1. The number of rotatable bonds is 5. The van der Waals surface area contributed by atoms with Crippen LogP contribution in [0.4, 0.5) is 4.79 Å². The van der Waals surface area contributed by atoms with Crippen molar-refractivity contribution in [3.05, 3.63) is 11.1 Å². The molecule has 21 heavy (non-hydrogen) atoms. The second kappa shape index (κ2) is 7.24. The average Bonchev–Trinajstić information content (AvgIpc) is 2.72. The minimum Gasteiger partial charge on any atom is -0.344 e. The van der Waals surface area contributed by atoms with Crippen LogP contribution < -0.4 is 5.32 Å². The number of urea groups is 1. The fourth-order valence-electron chi connectivity index (χ4n) is 2.34. The lowest BCUT2D eigenvalue weighted by Gasteiger charge is -2.21. The van der Waals surface area contributed by atoms with E-state index in [9.17, 15) is 14.4 Å². The summed E-state index contributed by atoms with van der Waals surface area (Å²) in [6.07, 6.45) is 0.639. The Morgan fingerprint density at radius 1 is 1.38 bits per heavy atom. The topological polar surface area (TPSA) is 69.7 Å². The molecule has 4 amide bonds. The van der Waals surface area contributed by atoms with Gasteiger partial charge in [0, 0.05) is 31.6 Å². The first-order chi connectivity index (χ1) is 9.79. The molecule has 1 N–H and O–H groups in total. The van der Waals surface area contributed by atoms with Crippen molar-refractivity contribution in [2.75, 3.05) is 26.7 Å². The van der Waals surface area contributed by atoms with Gasteiger partial charge in [-0.2, -0.15) is 0 Å². The Hall–Kier alpha value is -1.85. The SMILES string of the molecule is CCC1=C(C)CN(C(=O)NCCN(C)C(=O)C(C)C)C1=O. The van der Waals surface area contributed by atoms with Crippen LogP contribution in [0.1, 0.15) is 34.1 Å². The van der Waals surface area contributed by atoms with Crippen LogP contribution in [-0.4, -0.2) is 54.3 Å². The van der Waals surface area contributed by atoms with Gasteiger partial charge in [0.05, 0.1) is 6.54 Å². The van der Waals surface area contributed by atoms with Crippen LogP contribution in [0.15, 0.2) is 11.1 Å². The predicted octanol–water partition coefficient (Wildman–Crippen LogP) is 1.38. The average molecular weight is 295 g/mol. The lowest BCUT2D eigenvalue weighted by molar-refractivity contribution is -0.133. The van der Waals surface area contributed by atoms with Gasteiger partial charge in [0.1, 0.15) is 0 Å². The summed E-state index contributed by atoms with van der Waals surface area (Å²) in [5.41, 5.74) is 1.67. The molecule has 1 heterocycles. The molecule has 0 fully saturated rings. The van der Waals surface area contributed by atoms with Gasteiger partial charge in [-0.25, -0.2) is 4.79 Å². The van der Waals surface area contributed by atoms with Gasteiger partial charge in [-0.3, -0.25) is 14.5 Å². The Bertz CT molecular complexity index is 469. The van der Waals surface area contributed by atoms with E-state index in [1.165, 1.54) is 4.90 Å². The summed E-state index contributed by atoms with van der Waals surface area (Å²) < 4.78 is 0. The number of likely N-dealkylation sites (N-methyl/N-ethyl adjacent to an activating group) is 1. The zero-order chi connectivity index (χ0) is 16.2. The van der Waals surface area contributed by atoms with Crippen molar-refractivity contribution in [3.63, 3.8) is 0 Å². The van der Waals surface area contributed by atoms with Crippen LogP contribution in [-0.2, 0) is 9.59 Å². The highest BCUT2D eigenvalue weighted by atomic mass is 16.2. The normalized spacial score (nSPS) is 15.0. The first-order valence-corrected chi connectivity index (χ1v) is 7.32. The third kappa shape index (κ3) is 4.06. The maximum atomic E-state index is 12.0. The molecule has 1 aliphatic heterocycles. The Balaban J connectivity index is 2.43. The smallest absolute Gasteiger partial charge is 0.324 e. The van der Waals surface area contributed by atoms with Crippen LogP contribution in [0.5, 0.6) is 0 Å². The minimum atomic E-state index is -0.395. The standard InChI is InChI=1S/C15H25N3O3/c1-6-12-11(4)9-18(14(12)20)15(21)16-7-8-17(5)13(19)10(2)3/h10H,6-9H2,1-5H3,(H,16,21). The second-order valence-electron chi connectivity index (χ2n) is 5.65. The van der Waals surface area contributed by atoms with Gasteiger partial charge in [-0.1, -0.05) is 20.8 Å². The molecule has 1 aliphatic rings. The zero-order valence-electron chi connectivity index (χ0n) is 13.5. The van der Waals surface area contributed by atoms with E-state index in [0.29, 0.717) is 26.1 Å². The highest BCUT2D eigenvalue weighted by molar-refractivity contribution is 6.06. The molecule has 6 nitrogen and oxygen atoms in total. The van der Waals surface area contributed by atoms with Crippen molar-refractivity contribution in [1.82, 2.24) is 15.1 Å². The van der Waals surface area contributed by atoms with Gasteiger partial charge >= 0.3 is 6.03 Å². The van der Waals surface area contributed by atoms with Gasteiger partial charge in [0.2, 0.25) is 5.91 Å². The number of imide groups is 1. The molecule has 0 atom stereocenters. The number of nitrogens with one attached hydrogen (secondary N) is 1. The Morgan fingerprint density at radius 2 is 2.00 bits per heavy atom. The van der Waals surface area contributed by atoms with Crippen molar-refractivity contribution in [2.24, 2.45) is 5.92 Å². The number of hydrogen-bond acceptors (Lipinski definition) is 3. The highest BCUT2D eigenvalue weighted by Gasteiger charge is 2.31. The monoisotopic (exact) mass is 295 g/mol. The highest BCUT2D eigenvalue weighted by Crippen LogP contribution is 2.20. The molecule has 0 aromatic rings. The molecular weight excluding hydrogens is 270 g/mol. The van der Waals surface area contributed by atoms with Crippen molar-refractivity contribution in [3.8, 4) is 0 Å². The van der Waals surface area contributed by atoms with Crippen LogP contribution in [0.25, 0.3) is 0 Å². The molecule has 0 bridgehead atoms. The van der Waals surface area contributed by atoms with Gasteiger partial charge in [-0.05, 0) is 18.9 Å². The number of nitrogens with zero attached hydrogens (tertiary/aromatic N) is 2. The van der Waals surface area contributed by atoms with E-state index in [-0.39, 0.29) is 17.7 Å². The van der Waals surface area contributed by atoms with Crippen molar-refractivity contribution >= 4 is 17.8 Å². The van der Waals surface area contributed by atoms with Crippen molar-refractivity contribution < 1.29 is 14.4 Å². The lowest BCUT2D eigenvalue weighted by atomic mass is 10.1. The third-order valence-electron chi connectivity index (χ3n) is 3.61. The van der Waals surface area contributed by atoms with Gasteiger partial charge in [0.25, 0.3) is 5.91 Å². The van der Waals surface area contributed by atoms with E-state index in [4.69, 9.17) is 0 Å². The molecule has 1 rings (SSSR count). The molecule has 0 unspecified atom stereocenters. The molecule has 0 saturated heterocycles. The fourth-order valence-corrected chi connectivity index (χ4v) is 2.34. The summed E-state index contributed by atoms with van der Waals surface area (Å²) in [6, 6.07) is -0.395. The summed E-state index contributed by atoms with van der Waals surface area (Å²) in [7, 11) is 1.70. The zero-order valence-corrected chi connectivity index (χ0v) is 13.5. The summed E-state index contributed by atoms with van der Waals surface area (Å²) in [5.74, 6) is -0.240. The third-order valence-corrected chi connectivity index (χ3v) is 3.61. The van der Waals surface area contributed by atoms with E-state index in [1.54, 1.807) is 11.9 Å². The Kier molecular flexibility index (Phi) is 5.93. The summed E-state index contributed by atoms with van der Waals surface area (Å²) in [5, 5.41) is 2.69. The molecule has 0 spiro atoms. The molecule has 118 valence electrons. The van der Waals surface area contributed by atoms with Gasteiger partial charge in [0.15, 0.2) is 0 Å². The minimum absolute atomic E-state index is 0.0345. The van der Waals surface area contributed by atoms with Gasteiger partial charge in [-0.15, -0.1) is 0 Å². The number of carbonyl (C=O) groups is 3. The van der Waals surface area contributed by atoms with E-state index in [0.717, 1.165) is 11.1 Å². The molecule has 6 heteroatoms. The summed E-state index contributed by atoms with van der Waals surface area (Å²) >= 11 is 0. The van der Waals surface area contributed by atoms with Crippen LogP contribution in [0.2, 0.25) is 0 Å². The second-order valence-corrected chi connectivity index (χ2v) is 5.65. The lowest BCUT2D eigenvalue weighted by Crippen LogP contribution is -2.45. The van der Waals surface area contributed by atoms with E-state index in [2.05, 4.69) is 5.32 Å². The molecule has 0 radical (unpaired) electrons. The number of carbonyl (C=O) groups excluding carboxylic acids is 3. The maximum absolute atomic E-state index is 12.0. The van der Waals surface area contributed by atoms with E-state index >= 15 is 0 Å². The van der Waals surface area contributed by atoms with Crippen LogP contribution >= 0.6 is 0 Å². The van der Waals surface area contributed by atoms with Gasteiger partial charge < -0.3 is 10.2 Å². The van der Waals surface area contributed by atoms with Crippen molar-refractivity contribution in [2.45, 2.75) is 34.1 Å². The van der Waals surface area contributed by atoms with E-state index in [1.807, 2.05) is 27.7 Å². The predicted molar refractivity (Wildman–Crippen MR) is 80.6 cm³/mol. The first kappa shape index (κ1) is 17.2. The molecular formula is C15H25N3O3. The van der Waals surface area contributed by atoms with Crippen LogP contribution in [0.3, 0.4) is 0 Å². The molecule has 0 saturated carbocycles. The largest absolute Gasteiger partial charge is 0.344 e. The fraction of sp³-hybridized carbons (Fsp3) is 0.667. The molecule has 0 aromatic carbocycles.